The van der Waals surface area contributed by atoms with Crippen LogP contribution in [0.25, 0.3) is 6.08 Å². The van der Waals surface area contributed by atoms with Crippen molar-refractivity contribution >= 4 is 30.4 Å². The first-order valence-electron chi connectivity index (χ1n) is 9.93. The van der Waals surface area contributed by atoms with E-state index >= 15 is 0 Å². The van der Waals surface area contributed by atoms with Crippen LogP contribution in [0.15, 0.2) is 48.5 Å². The molecule has 8 heteroatoms. The maximum atomic E-state index is 12.6. The van der Waals surface area contributed by atoms with E-state index < -0.39 is 7.12 Å². The number of likely N-dealkylation sites (tertiary alicyclic amines) is 1. The summed E-state index contributed by atoms with van der Waals surface area (Å²) in [5, 5.41) is 26.0. The normalized spacial score (nSPS) is 17.1. The molecule has 30 heavy (non-hydrogen) atoms. The molecule has 154 valence electrons. The fourth-order valence-corrected chi connectivity index (χ4v) is 4.15. The Bertz CT molecular complexity index is 996. The van der Waals surface area contributed by atoms with Crippen molar-refractivity contribution in [1.82, 2.24) is 4.90 Å². The van der Waals surface area contributed by atoms with E-state index in [1.54, 1.807) is 42.5 Å². The third kappa shape index (κ3) is 3.84. The molecular weight excluding hydrogens is 381 g/mol. The molecule has 1 fully saturated rings. The second-order valence-corrected chi connectivity index (χ2v) is 7.89. The van der Waals surface area contributed by atoms with Crippen LogP contribution in [0.3, 0.4) is 0 Å². The van der Waals surface area contributed by atoms with Crippen LogP contribution in [-0.2, 0) is 10.2 Å². The number of hydrogen-bond acceptors (Lipinski definition) is 5. The van der Waals surface area contributed by atoms with Gasteiger partial charge in [-0.05, 0) is 48.1 Å². The Labute approximate surface area is 175 Å². The first-order chi connectivity index (χ1) is 14.4. The van der Waals surface area contributed by atoms with Gasteiger partial charge in [-0.3, -0.25) is 10.2 Å². The number of piperidine rings is 1. The third-order valence-corrected chi connectivity index (χ3v) is 6.05. The molecule has 0 aliphatic carbocycles. The molecule has 1 amide bonds. The van der Waals surface area contributed by atoms with Crippen LogP contribution in [0.5, 0.6) is 5.75 Å². The van der Waals surface area contributed by atoms with Gasteiger partial charge in [-0.1, -0.05) is 24.3 Å². The quantitative estimate of drug-likeness (QED) is 0.257. The van der Waals surface area contributed by atoms with Crippen molar-refractivity contribution in [3.63, 3.8) is 0 Å². The van der Waals surface area contributed by atoms with E-state index in [-0.39, 0.29) is 17.2 Å². The summed E-state index contributed by atoms with van der Waals surface area (Å²) in [6, 6.07) is 12.3. The molecule has 0 aromatic heterocycles. The Hall–Kier alpha value is -3.10. The van der Waals surface area contributed by atoms with Crippen LogP contribution in [0.4, 0.5) is 0 Å². The van der Waals surface area contributed by atoms with Crippen molar-refractivity contribution in [2.24, 2.45) is 5.73 Å². The second kappa shape index (κ2) is 7.97. The van der Waals surface area contributed by atoms with Gasteiger partial charge in [0, 0.05) is 35.7 Å². The molecule has 1 saturated heterocycles. The Morgan fingerprint density at radius 2 is 1.87 bits per heavy atom. The standard InChI is InChI=1S/C22H24BN3O4/c24-21(25)16-4-7-19-18(13-16)22(14-30-19)9-11-26(12-10-22)20(27)8-3-15-1-5-17(6-2-15)23(28)29/h1-8,13,28-29H,9-12,14H2,(H3,24,25). The second-order valence-electron chi connectivity index (χ2n) is 7.89. The van der Waals surface area contributed by atoms with Gasteiger partial charge in [0.15, 0.2) is 0 Å². The highest BCUT2D eigenvalue weighted by atomic mass is 16.5. The average Bonchev–Trinajstić information content (AvgIpc) is 3.10. The summed E-state index contributed by atoms with van der Waals surface area (Å²) in [5.41, 5.74) is 8.52. The zero-order valence-corrected chi connectivity index (χ0v) is 16.5. The molecule has 2 aromatic rings. The number of fused-ring (bicyclic) bond motifs is 2. The Morgan fingerprint density at radius 3 is 2.50 bits per heavy atom. The summed E-state index contributed by atoms with van der Waals surface area (Å²) >= 11 is 0. The number of carbonyl (C=O) groups excluding carboxylic acids is 1. The summed E-state index contributed by atoms with van der Waals surface area (Å²) in [6.45, 7) is 1.85. The van der Waals surface area contributed by atoms with Crippen LogP contribution in [0, 0.1) is 5.41 Å². The van der Waals surface area contributed by atoms with E-state index in [0.29, 0.717) is 30.7 Å². The van der Waals surface area contributed by atoms with Crippen molar-refractivity contribution in [3.05, 3.63) is 65.2 Å². The third-order valence-electron chi connectivity index (χ3n) is 6.05. The number of hydrogen-bond donors (Lipinski definition) is 4. The molecule has 2 aliphatic rings. The van der Waals surface area contributed by atoms with E-state index in [2.05, 4.69) is 0 Å². The molecule has 1 spiro atoms. The number of nitrogen functional groups attached to an aromatic ring is 1. The molecule has 0 atom stereocenters. The zero-order valence-electron chi connectivity index (χ0n) is 16.5. The van der Waals surface area contributed by atoms with Crippen molar-refractivity contribution < 1.29 is 19.6 Å². The average molecular weight is 405 g/mol. The predicted octanol–water partition coefficient (Wildman–Crippen LogP) is 0.616. The van der Waals surface area contributed by atoms with Crippen molar-refractivity contribution in [2.75, 3.05) is 19.7 Å². The number of ether oxygens (including phenoxy) is 1. The fraction of sp³-hybridized carbons (Fsp3) is 0.273. The monoisotopic (exact) mass is 405 g/mol. The lowest BCUT2D eigenvalue weighted by Gasteiger charge is -2.38. The minimum atomic E-state index is -1.50. The lowest BCUT2D eigenvalue weighted by molar-refractivity contribution is -0.127. The molecule has 0 unspecified atom stereocenters. The number of nitrogens with one attached hydrogen (secondary N) is 1. The lowest BCUT2D eigenvalue weighted by Crippen LogP contribution is -2.45. The summed E-state index contributed by atoms with van der Waals surface area (Å²) in [4.78, 5) is 14.5. The van der Waals surface area contributed by atoms with E-state index in [1.165, 1.54) is 0 Å². The molecule has 0 radical (unpaired) electrons. The number of nitrogens with two attached hydrogens (primary N) is 1. The highest BCUT2D eigenvalue weighted by Gasteiger charge is 2.43. The maximum absolute atomic E-state index is 12.6. The molecule has 2 aromatic carbocycles. The van der Waals surface area contributed by atoms with Gasteiger partial charge in [-0.25, -0.2) is 0 Å². The molecule has 2 aliphatic heterocycles. The maximum Gasteiger partial charge on any atom is 0.488 e. The topological polar surface area (TPSA) is 120 Å². The van der Waals surface area contributed by atoms with Crippen LogP contribution >= 0.6 is 0 Å². The van der Waals surface area contributed by atoms with Gasteiger partial charge in [0.05, 0.1) is 6.61 Å². The first-order valence-corrected chi connectivity index (χ1v) is 9.93. The minimum Gasteiger partial charge on any atom is -0.492 e. The largest absolute Gasteiger partial charge is 0.492 e. The summed E-state index contributed by atoms with van der Waals surface area (Å²) in [6.07, 6.45) is 4.87. The van der Waals surface area contributed by atoms with Crippen LogP contribution < -0.4 is 15.9 Å². The number of amidine groups is 1. The van der Waals surface area contributed by atoms with Gasteiger partial charge in [0.1, 0.15) is 11.6 Å². The summed E-state index contributed by atoms with van der Waals surface area (Å²) in [5.74, 6) is 0.836. The molecule has 2 heterocycles. The van der Waals surface area contributed by atoms with Crippen LogP contribution in [0.2, 0.25) is 0 Å². The minimum absolute atomic E-state index is 0.0409. The zero-order chi connectivity index (χ0) is 21.3. The highest BCUT2D eigenvalue weighted by molar-refractivity contribution is 6.58. The molecule has 4 rings (SSSR count). The summed E-state index contributed by atoms with van der Waals surface area (Å²) in [7, 11) is -1.50. The fourth-order valence-electron chi connectivity index (χ4n) is 4.15. The molecule has 7 nitrogen and oxygen atoms in total. The predicted molar refractivity (Wildman–Crippen MR) is 116 cm³/mol. The van der Waals surface area contributed by atoms with Gasteiger partial charge in [-0.15, -0.1) is 0 Å². The first kappa shape index (κ1) is 20.2. The number of benzene rings is 2. The smallest absolute Gasteiger partial charge is 0.488 e. The van der Waals surface area contributed by atoms with Crippen LogP contribution in [0.1, 0.15) is 29.5 Å². The molecular formula is C22H24BN3O4. The molecule has 0 bridgehead atoms. The van der Waals surface area contributed by atoms with Crippen LogP contribution in [-0.4, -0.2) is 53.5 Å². The number of nitrogens with zero attached hydrogens (tertiary/aromatic N) is 1. The summed E-state index contributed by atoms with van der Waals surface area (Å²) < 4.78 is 5.89. The lowest BCUT2D eigenvalue weighted by atomic mass is 9.74. The van der Waals surface area contributed by atoms with Crippen molar-refractivity contribution in [3.8, 4) is 5.75 Å². The number of amides is 1. The van der Waals surface area contributed by atoms with Gasteiger partial charge >= 0.3 is 7.12 Å². The van der Waals surface area contributed by atoms with Gasteiger partial charge in [0.2, 0.25) is 5.91 Å². The van der Waals surface area contributed by atoms with E-state index in [1.807, 2.05) is 17.0 Å². The van der Waals surface area contributed by atoms with E-state index in [9.17, 15) is 4.79 Å². The Morgan fingerprint density at radius 1 is 1.17 bits per heavy atom. The van der Waals surface area contributed by atoms with E-state index in [0.717, 1.165) is 29.7 Å². The van der Waals surface area contributed by atoms with Crippen molar-refractivity contribution in [1.29, 1.82) is 5.41 Å². The number of rotatable bonds is 4. The van der Waals surface area contributed by atoms with Crippen molar-refractivity contribution in [2.45, 2.75) is 18.3 Å². The molecule has 5 N–H and O–H groups in total. The van der Waals surface area contributed by atoms with Gasteiger partial charge in [0.25, 0.3) is 0 Å². The SMILES string of the molecule is N=C(N)c1ccc2c(c1)C1(CCN(C(=O)C=Cc3ccc(B(O)O)cc3)CC1)CO2. The Kier molecular flexibility index (Phi) is 5.36. The van der Waals surface area contributed by atoms with Gasteiger partial charge in [-0.2, -0.15) is 0 Å². The van der Waals surface area contributed by atoms with Gasteiger partial charge < -0.3 is 25.4 Å². The molecule has 0 saturated carbocycles. The van der Waals surface area contributed by atoms with E-state index in [4.69, 9.17) is 25.9 Å². The number of carbonyl (C=O) groups is 1. The Balaban J connectivity index is 1.41. The highest BCUT2D eigenvalue weighted by Crippen LogP contribution is 2.45.